The van der Waals surface area contributed by atoms with Gasteiger partial charge in [0.05, 0.1) is 35.9 Å². The molecule has 0 saturated carbocycles. The average Bonchev–Trinajstić information content (AvgIpc) is 3.15. The van der Waals surface area contributed by atoms with Gasteiger partial charge in [-0.25, -0.2) is 8.42 Å². The van der Waals surface area contributed by atoms with Crippen LogP contribution >= 0.6 is 0 Å². The SMILES string of the molecule is CC[C@@H]1CCCCN1C(=O)C[NH+](C)Cc1c(C)nn([C@@H]2CCS(=O)(=O)C2)c1C. The molecule has 1 unspecified atom stereocenters. The topological polar surface area (TPSA) is 76.7 Å². The van der Waals surface area contributed by atoms with Crippen molar-refractivity contribution in [2.45, 2.75) is 71.5 Å². The van der Waals surface area contributed by atoms with Gasteiger partial charge in [0.25, 0.3) is 5.91 Å². The van der Waals surface area contributed by atoms with E-state index in [9.17, 15) is 13.2 Å². The number of aromatic nitrogens is 2. The van der Waals surface area contributed by atoms with Crippen LogP contribution in [0.3, 0.4) is 0 Å². The van der Waals surface area contributed by atoms with Crippen LogP contribution in [0.5, 0.6) is 0 Å². The average molecular weight is 412 g/mol. The highest BCUT2D eigenvalue weighted by atomic mass is 32.2. The number of piperidine rings is 1. The number of nitrogens with zero attached hydrogens (tertiary/aromatic N) is 3. The lowest BCUT2D eigenvalue weighted by atomic mass is 10.00. The van der Waals surface area contributed by atoms with Crippen LogP contribution in [-0.4, -0.2) is 66.7 Å². The maximum Gasteiger partial charge on any atom is 0.278 e. The number of hydrogen-bond acceptors (Lipinski definition) is 4. The number of carbonyl (C=O) groups excluding carboxylic acids is 1. The van der Waals surface area contributed by atoms with Gasteiger partial charge in [-0.3, -0.25) is 9.48 Å². The number of likely N-dealkylation sites (tertiary alicyclic amines) is 1. The van der Waals surface area contributed by atoms with E-state index in [1.807, 2.05) is 18.5 Å². The summed E-state index contributed by atoms with van der Waals surface area (Å²) in [6.45, 7) is 8.27. The molecule has 3 rings (SSSR count). The van der Waals surface area contributed by atoms with Crippen molar-refractivity contribution in [1.82, 2.24) is 14.7 Å². The van der Waals surface area contributed by atoms with E-state index in [0.29, 0.717) is 19.0 Å². The fraction of sp³-hybridized carbons (Fsp3) is 0.800. The number of rotatable bonds is 6. The van der Waals surface area contributed by atoms with E-state index in [1.54, 1.807) is 0 Å². The first-order valence-electron chi connectivity index (χ1n) is 10.6. The Morgan fingerprint density at radius 2 is 2.00 bits per heavy atom. The molecule has 1 aromatic heterocycles. The monoisotopic (exact) mass is 411 g/mol. The van der Waals surface area contributed by atoms with Crippen molar-refractivity contribution in [3.8, 4) is 0 Å². The summed E-state index contributed by atoms with van der Waals surface area (Å²) < 4.78 is 25.6. The molecule has 0 spiro atoms. The predicted octanol–water partition coefficient (Wildman–Crippen LogP) is 0.665. The molecular formula is C20H35N4O3S+. The van der Waals surface area contributed by atoms with Gasteiger partial charge in [-0.05, 0) is 46.0 Å². The van der Waals surface area contributed by atoms with Crippen molar-refractivity contribution in [2.75, 3.05) is 31.6 Å². The fourth-order valence-electron chi connectivity index (χ4n) is 4.75. The van der Waals surface area contributed by atoms with E-state index in [4.69, 9.17) is 0 Å². The number of amides is 1. The van der Waals surface area contributed by atoms with E-state index in [1.165, 1.54) is 6.42 Å². The predicted molar refractivity (Wildman–Crippen MR) is 109 cm³/mol. The standard InChI is InChI=1S/C20H34N4O3S/c1-5-17-8-6-7-10-23(17)20(25)13-22(4)12-19-15(2)21-24(16(19)3)18-9-11-28(26,27)14-18/h17-18H,5-14H2,1-4H3/p+1/t17-,18-/m1/s1. The zero-order chi connectivity index (χ0) is 20.5. The fourth-order valence-corrected chi connectivity index (χ4v) is 6.45. The van der Waals surface area contributed by atoms with Crippen LogP contribution in [-0.2, 0) is 21.2 Å². The molecule has 0 aromatic carbocycles. The largest absolute Gasteiger partial charge is 0.335 e. The number of aryl methyl sites for hydroxylation is 1. The van der Waals surface area contributed by atoms with Crippen LogP contribution in [0.4, 0.5) is 0 Å². The lowest BCUT2D eigenvalue weighted by Gasteiger charge is -2.35. The summed E-state index contributed by atoms with van der Waals surface area (Å²) in [7, 11) is -0.885. The highest BCUT2D eigenvalue weighted by molar-refractivity contribution is 7.91. The Morgan fingerprint density at radius 1 is 1.25 bits per heavy atom. The van der Waals surface area contributed by atoms with Crippen molar-refractivity contribution in [3.05, 3.63) is 17.0 Å². The highest BCUT2D eigenvalue weighted by Gasteiger charge is 2.32. The quantitative estimate of drug-likeness (QED) is 0.746. The van der Waals surface area contributed by atoms with E-state index in [-0.39, 0.29) is 23.5 Å². The number of sulfone groups is 1. The Bertz CT molecular complexity index is 818. The summed E-state index contributed by atoms with van der Waals surface area (Å²) in [5.74, 6) is 0.677. The zero-order valence-electron chi connectivity index (χ0n) is 17.7. The molecule has 0 radical (unpaired) electrons. The Kier molecular flexibility index (Phi) is 6.49. The van der Waals surface area contributed by atoms with Gasteiger partial charge in [0, 0.05) is 18.3 Å². The van der Waals surface area contributed by atoms with Crippen molar-refractivity contribution in [1.29, 1.82) is 0 Å². The summed E-state index contributed by atoms with van der Waals surface area (Å²) in [6.07, 6.45) is 5.12. The van der Waals surface area contributed by atoms with Crippen LogP contribution < -0.4 is 4.90 Å². The third-order valence-corrected chi connectivity index (χ3v) is 8.13. The lowest BCUT2D eigenvalue weighted by molar-refractivity contribution is -0.885. The minimum atomic E-state index is -2.94. The van der Waals surface area contributed by atoms with E-state index in [2.05, 4.69) is 24.0 Å². The summed E-state index contributed by atoms with van der Waals surface area (Å²) in [4.78, 5) is 16.1. The molecule has 2 fully saturated rings. The minimum absolute atomic E-state index is 0.0574. The first kappa shape index (κ1) is 21.3. The van der Waals surface area contributed by atoms with E-state index < -0.39 is 9.84 Å². The van der Waals surface area contributed by atoms with Gasteiger partial charge in [-0.15, -0.1) is 0 Å². The van der Waals surface area contributed by atoms with Crippen molar-refractivity contribution < 1.29 is 18.1 Å². The molecule has 7 nitrogen and oxygen atoms in total. The summed E-state index contributed by atoms with van der Waals surface area (Å²) in [5.41, 5.74) is 3.12. The van der Waals surface area contributed by atoms with Gasteiger partial charge in [0.2, 0.25) is 0 Å². The van der Waals surface area contributed by atoms with Gasteiger partial charge in [-0.2, -0.15) is 5.10 Å². The van der Waals surface area contributed by atoms with Gasteiger partial charge in [0.15, 0.2) is 16.4 Å². The van der Waals surface area contributed by atoms with Crippen LogP contribution in [0.1, 0.15) is 62.0 Å². The molecule has 28 heavy (non-hydrogen) atoms. The number of likely N-dealkylation sites (N-methyl/N-ethyl adjacent to an activating group) is 1. The number of carbonyl (C=O) groups is 1. The van der Waals surface area contributed by atoms with Crippen LogP contribution in [0.2, 0.25) is 0 Å². The second kappa shape index (κ2) is 8.53. The smallest absolute Gasteiger partial charge is 0.278 e. The molecule has 8 heteroatoms. The van der Waals surface area contributed by atoms with Gasteiger partial charge >= 0.3 is 0 Å². The molecule has 3 heterocycles. The van der Waals surface area contributed by atoms with Gasteiger partial charge < -0.3 is 9.80 Å². The third kappa shape index (κ3) is 4.59. The first-order chi connectivity index (χ1) is 13.2. The van der Waals surface area contributed by atoms with E-state index in [0.717, 1.165) is 54.2 Å². The van der Waals surface area contributed by atoms with Crippen molar-refractivity contribution in [3.63, 3.8) is 0 Å². The summed E-state index contributed by atoms with van der Waals surface area (Å²) in [5, 5.41) is 4.65. The second-order valence-electron chi connectivity index (χ2n) is 8.61. The van der Waals surface area contributed by atoms with Gasteiger partial charge in [0.1, 0.15) is 6.54 Å². The molecule has 3 atom stereocenters. The molecular weight excluding hydrogens is 376 g/mol. The van der Waals surface area contributed by atoms with Crippen molar-refractivity contribution >= 4 is 15.7 Å². The summed E-state index contributed by atoms with van der Waals surface area (Å²) >= 11 is 0. The maximum absolute atomic E-state index is 12.8. The Hall–Kier alpha value is -1.41. The Labute approximate surface area is 169 Å². The summed E-state index contributed by atoms with van der Waals surface area (Å²) in [6, 6.07) is 0.336. The first-order valence-corrected chi connectivity index (χ1v) is 12.4. The molecule has 2 saturated heterocycles. The van der Waals surface area contributed by atoms with Gasteiger partial charge in [-0.1, -0.05) is 6.92 Å². The van der Waals surface area contributed by atoms with Crippen LogP contribution in [0.15, 0.2) is 0 Å². The molecule has 0 bridgehead atoms. The molecule has 1 amide bonds. The molecule has 1 aromatic rings. The number of hydrogen-bond donors (Lipinski definition) is 1. The lowest BCUT2D eigenvalue weighted by Crippen LogP contribution is -3.09. The van der Waals surface area contributed by atoms with E-state index >= 15 is 0 Å². The normalized spacial score (nSPS) is 25.8. The molecule has 0 aliphatic carbocycles. The zero-order valence-corrected chi connectivity index (χ0v) is 18.5. The number of quaternary nitrogens is 1. The molecule has 2 aliphatic rings. The second-order valence-corrected chi connectivity index (χ2v) is 10.8. The molecule has 158 valence electrons. The number of nitrogens with one attached hydrogen (secondary N) is 1. The molecule has 1 N–H and O–H groups in total. The Balaban J connectivity index is 1.65. The minimum Gasteiger partial charge on any atom is -0.335 e. The molecule has 2 aliphatic heterocycles. The highest BCUT2D eigenvalue weighted by Crippen LogP contribution is 2.26. The Morgan fingerprint density at radius 3 is 2.64 bits per heavy atom. The third-order valence-electron chi connectivity index (χ3n) is 6.38. The van der Waals surface area contributed by atoms with Crippen LogP contribution in [0.25, 0.3) is 0 Å². The van der Waals surface area contributed by atoms with Crippen molar-refractivity contribution in [2.24, 2.45) is 0 Å². The van der Waals surface area contributed by atoms with Crippen LogP contribution in [0, 0.1) is 13.8 Å². The maximum atomic E-state index is 12.8.